The van der Waals surface area contributed by atoms with Gasteiger partial charge in [0.05, 0.1) is 0 Å². The van der Waals surface area contributed by atoms with Crippen molar-refractivity contribution in [2.24, 2.45) is 11.8 Å². The fourth-order valence-corrected chi connectivity index (χ4v) is 4.34. The van der Waals surface area contributed by atoms with Crippen molar-refractivity contribution in [3.63, 3.8) is 0 Å². The van der Waals surface area contributed by atoms with Crippen LogP contribution in [0.3, 0.4) is 0 Å². The van der Waals surface area contributed by atoms with Crippen molar-refractivity contribution in [3.05, 3.63) is 0 Å². The van der Waals surface area contributed by atoms with Crippen LogP contribution in [0.2, 0.25) is 0 Å². The molecular weight excluding hydrogens is 248 g/mol. The van der Waals surface area contributed by atoms with E-state index >= 15 is 0 Å². The van der Waals surface area contributed by atoms with Gasteiger partial charge in [0.2, 0.25) is 5.91 Å². The van der Waals surface area contributed by atoms with E-state index in [2.05, 4.69) is 24.5 Å². The van der Waals surface area contributed by atoms with Crippen molar-refractivity contribution in [1.29, 1.82) is 0 Å². The van der Waals surface area contributed by atoms with E-state index in [4.69, 9.17) is 0 Å². The van der Waals surface area contributed by atoms with Gasteiger partial charge in [-0.25, -0.2) is 0 Å². The van der Waals surface area contributed by atoms with E-state index in [1.54, 1.807) is 0 Å². The maximum absolute atomic E-state index is 12.4. The van der Waals surface area contributed by atoms with Crippen LogP contribution in [0.25, 0.3) is 0 Å². The first-order chi connectivity index (χ1) is 9.60. The predicted octanol–water partition coefficient (Wildman–Crippen LogP) is 3.24. The van der Waals surface area contributed by atoms with E-state index in [0.29, 0.717) is 18.4 Å². The Morgan fingerprint density at radius 3 is 2.45 bits per heavy atom. The maximum Gasteiger partial charge on any atom is 0.222 e. The van der Waals surface area contributed by atoms with Crippen molar-refractivity contribution >= 4 is 5.91 Å². The molecule has 20 heavy (non-hydrogen) atoms. The van der Waals surface area contributed by atoms with Gasteiger partial charge in [0, 0.05) is 18.0 Å². The second-order valence-electron chi connectivity index (χ2n) is 7.05. The first-order valence-corrected chi connectivity index (χ1v) is 8.58. The zero-order chi connectivity index (χ0) is 14.6. The molecule has 0 aromatic heterocycles. The number of hydrogen-bond donors (Lipinski definition) is 2. The fourth-order valence-electron chi connectivity index (χ4n) is 4.34. The summed E-state index contributed by atoms with van der Waals surface area (Å²) in [6, 6.07) is 0.407. The molecule has 0 aliphatic heterocycles. The Kier molecular flexibility index (Phi) is 5.48. The van der Waals surface area contributed by atoms with Gasteiger partial charge in [0.25, 0.3) is 0 Å². The van der Waals surface area contributed by atoms with E-state index in [-0.39, 0.29) is 11.4 Å². The summed E-state index contributed by atoms with van der Waals surface area (Å²) in [5, 5.41) is 6.76. The molecule has 2 aliphatic rings. The first-order valence-electron chi connectivity index (χ1n) is 8.58. The van der Waals surface area contributed by atoms with Crippen molar-refractivity contribution < 1.29 is 4.79 Å². The third-order valence-electron chi connectivity index (χ3n) is 5.94. The second-order valence-corrected chi connectivity index (χ2v) is 7.05. The molecule has 0 heterocycles. The molecule has 0 aromatic carbocycles. The maximum atomic E-state index is 12.4. The molecule has 2 saturated carbocycles. The molecule has 0 saturated heterocycles. The summed E-state index contributed by atoms with van der Waals surface area (Å²) in [5.74, 6) is 1.70. The lowest BCUT2D eigenvalue weighted by atomic mass is 9.79. The van der Waals surface area contributed by atoms with Gasteiger partial charge in [0.15, 0.2) is 0 Å². The van der Waals surface area contributed by atoms with Crippen molar-refractivity contribution in [2.45, 2.75) is 83.2 Å². The minimum Gasteiger partial charge on any atom is -0.353 e. The summed E-state index contributed by atoms with van der Waals surface area (Å²) in [7, 11) is 2.02. The third-order valence-corrected chi connectivity index (χ3v) is 5.94. The van der Waals surface area contributed by atoms with E-state index in [1.165, 1.54) is 32.1 Å². The fraction of sp³-hybridized carbons (Fsp3) is 0.941. The average Bonchev–Trinajstić information content (AvgIpc) is 2.80. The zero-order valence-electron chi connectivity index (χ0n) is 13.5. The highest BCUT2D eigenvalue weighted by Gasteiger charge is 2.36. The lowest BCUT2D eigenvalue weighted by Gasteiger charge is -2.37. The van der Waals surface area contributed by atoms with Crippen LogP contribution in [0, 0.1) is 11.8 Å². The number of amides is 1. The van der Waals surface area contributed by atoms with Gasteiger partial charge in [-0.05, 0) is 44.6 Å². The molecule has 3 heteroatoms. The molecule has 2 fully saturated rings. The average molecular weight is 280 g/mol. The predicted molar refractivity (Wildman–Crippen MR) is 83.6 cm³/mol. The first kappa shape index (κ1) is 15.8. The minimum atomic E-state index is 0.0638. The number of hydrogen-bond acceptors (Lipinski definition) is 2. The summed E-state index contributed by atoms with van der Waals surface area (Å²) < 4.78 is 0. The smallest absolute Gasteiger partial charge is 0.222 e. The van der Waals surface area contributed by atoms with Gasteiger partial charge in [-0.3, -0.25) is 4.79 Å². The summed E-state index contributed by atoms with van der Waals surface area (Å²) in [6.45, 7) is 4.57. The Morgan fingerprint density at radius 1 is 1.20 bits per heavy atom. The Balaban J connectivity index is 1.85. The normalized spacial score (nSPS) is 33.0. The van der Waals surface area contributed by atoms with E-state index in [0.717, 1.165) is 25.2 Å². The van der Waals surface area contributed by atoms with Crippen molar-refractivity contribution in [2.75, 3.05) is 7.05 Å². The molecule has 116 valence electrons. The van der Waals surface area contributed by atoms with Crippen LogP contribution in [-0.2, 0) is 4.79 Å². The van der Waals surface area contributed by atoms with E-state index < -0.39 is 0 Å². The topological polar surface area (TPSA) is 41.1 Å². The quantitative estimate of drug-likeness (QED) is 0.811. The molecule has 0 bridgehead atoms. The standard InChI is InChI=1S/C17H32N2O/c1-4-14-8-9-15(13(14)2)19-16(20)12-17(18-3)10-6-5-7-11-17/h13-15,18H,4-12H2,1-3H3,(H,19,20). The molecule has 0 radical (unpaired) electrons. The Labute approximate surface area is 124 Å². The molecule has 2 N–H and O–H groups in total. The second kappa shape index (κ2) is 6.93. The van der Waals surface area contributed by atoms with Crippen LogP contribution >= 0.6 is 0 Å². The highest BCUT2D eigenvalue weighted by atomic mass is 16.1. The van der Waals surface area contributed by atoms with Gasteiger partial charge in [-0.2, -0.15) is 0 Å². The zero-order valence-corrected chi connectivity index (χ0v) is 13.5. The van der Waals surface area contributed by atoms with Crippen molar-refractivity contribution in [3.8, 4) is 0 Å². The van der Waals surface area contributed by atoms with Gasteiger partial charge in [0.1, 0.15) is 0 Å². The molecule has 3 nitrogen and oxygen atoms in total. The van der Waals surface area contributed by atoms with Gasteiger partial charge < -0.3 is 10.6 Å². The van der Waals surface area contributed by atoms with E-state index in [1.807, 2.05) is 7.05 Å². The Hall–Kier alpha value is -0.570. The van der Waals surface area contributed by atoms with Crippen LogP contribution in [0.5, 0.6) is 0 Å². The number of carbonyl (C=O) groups is 1. The van der Waals surface area contributed by atoms with Gasteiger partial charge in [-0.15, -0.1) is 0 Å². The molecule has 0 spiro atoms. The molecule has 2 rings (SSSR count). The summed E-state index contributed by atoms with van der Waals surface area (Å²) >= 11 is 0. The van der Waals surface area contributed by atoms with Crippen molar-refractivity contribution in [1.82, 2.24) is 10.6 Å². The summed E-state index contributed by atoms with van der Waals surface area (Å²) in [6.07, 6.45) is 10.5. The highest BCUT2D eigenvalue weighted by molar-refractivity contribution is 5.77. The summed E-state index contributed by atoms with van der Waals surface area (Å²) in [4.78, 5) is 12.4. The molecule has 3 unspecified atom stereocenters. The largest absolute Gasteiger partial charge is 0.353 e. The lowest BCUT2D eigenvalue weighted by molar-refractivity contribution is -0.123. The SMILES string of the molecule is CCC1CCC(NC(=O)CC2(NC)CCCCC2)C1C. The number of rotatable bonds is 5. The molecular formula is C17H32N2O. The van der Waals surface area contributed by atoms with Crippen LogP contribution in [0.15, 0.2) is 0 Å². The Morgan fingerprint density at radius 2 is 1.90 bits per heavy atom. The molecule has 3 atom stereocenters. The molecule has 1 amide bonds. The monoisotopic (exact) mass is 280 g/mol. The van der Waals surface area contributed by atoms with Crippen LogP contribution in [0.1, 0.15) is 71.6 Å². The van der Waals surface area contributed by atoms with E-state index in [9.17, 15) is 4.79 Å². The van der Waals surface area contributed by atoms with Gasteiger partial charge in [-0.1, -0.05) is 39.5 Å². The number of carbonyl (C=O) groups excluding carboxylic acids is 1. The van der Waals surface area contributed by atoms with Crippen LogP contribution < -0.4 is 10.6 Å². The van der Waals surface area contributed by atoms with Crippen LogP contribution in [-0.4, -0.2) is 24.5 Å². The highest BCUT2D eigenvalue weighted by Crippen LogP contribution is 2.35. The molecule has 2 aliphatic carbocycles. The lowest BCUT2D eigenvalue weighted by Crippen LogP contribution is -2.49. The Bertz CT molecular complexity index is 323. The minimum absolute atomic E-state index is 0.0638. The van der Waals surface area contributed by atoms with Crippen LogP contribution in [0.4, 0.5) is 0 Å². The number of nitrogens with one attached hydrogen (secondary N) is 2. The van der Waals surface area contributed by atoms with Gasteiger partial charge >= 0.3 is 0 Å². The summed E-state index contributed by atoms with van der Waals surface area (Å²) in [5.41, 5.74) is 0.0638. The third kappa shape index (κ3) is 3.55. The molecule has 0 aromatic rings.